The zero-order chi connectivity index (χ0) is 12.4. The van der Waals surface area contributed by atoms with E-state index in [1.54, 1.807) is 0 Å². The summed E-state index contributed by atoms with van der Waals surface area (Å²) in [6.07, 6.45) is 2.57. The SMILES string of the molecule is Cc1ccc(C2CC(NCc3cccs3)C2)cc1. The second kappa shape index (κ2) is 5.25. The number of hydrogen-bond donors (Lipinski definition) is 1. The summed E-state index contributed by atoms with van der Waals surface area (Å²) in [6, 6.07) is 14.1. The van der Waals surface area contributed by atoms with E-state index in [2.05, 4.69) is 54.0 Å². The molecule has 1 heterocycles. The van der Waals surface area contributed by atoms with Gasteiger partial charge in [0.2, 0.25) is 0 Å². The second-order valence-corrected chi connectivity index (χ2v) is 6.27. The van der Waals surface area contributed by atoms with Gasteiger partial charge in [0, 0.05) is 17.5 Å². The van der Waals surface area contributed by atoms with Gasteiger partial charge in [-0.25, -0.2) is 0 Å². The Kier molecular flexibility index (Phi) is 3.48. The van der Waals surface area contributed by atoms with E-state index in [-0.39, 0.29) is 0 Å². The molecule has 1 aromatic carbocycles. The van der Waals surface area contributed by atoms with Crippen LogP contribution in [0.25, 0.3) is 0 Å². The first-order valence-electron chi connectivity index (χ1n) is 6.63. The molecule has 0 spiro atoms. The molecule has 0 amide bonds. The number of benzene rings is 1. The third-order valence-electron chi connectivity index (χ3n) is 3.83. The van der Waals surface area contributed by atoms with Gasteiger partial charge < -0.3 is 5.32 Å². The molecule has 0 radical (unpaired) electrons. The molecular formula is C16H19NS. The average Bonchev–Trinajstić information content (AvgIpc) is 2.82. The molecule has 2 aromatic rings. The topological polar surface area (TPSA) is 12.0 Å². The minimum absolute atomic E-state index is 0.707. The summed E-state index contributed by atoms with van der Waals surface area (Å²) in [7, 11) is 0. The van der Waals surface area contributed by atoms with Crippen molar-refractivity contribution in [3.05, 3.63) is 57.8 Å². The molecule has 1 nitrogen and oxygen atoms in total. The predicted molar refractivity (Wildman–Crippen MR) is 78.1 cm³/mol. The first-order valence-corrected chi connectivity index (χ1v) is 7.51. The van der Waals surface area contributed by atoms with Gasteiger partial charge in [-0.2, -0.15) is 0 Å². The van der Waals surface area contributed by atoms with Crippen LogP contribution in [0.2, 0.25) is 0 Å². The van der Waals surface area contributed by atoms with Crippen molar-refractivity contribution in [1.29, 1.82) is 0 Å². The smallest absolute Gasteiger partial charge is 0.0302 e. The molecule has 1 aromatic heterocycles. The molecule has 3 rings (SSSR count). The van der Waals surface area contributed by atoms with E-state index in [1.807, 2.05) is 11.3 Å². The molecule has 0 saturated heterocycles. The average molecular weight is 257 g/mol. The minimum atomic E-state index is 0.707. The van der Waals surface area contributed by atoms with Crippen LogP contribution < -0.4 is 5.32 Å². The normalized spacial score (nSPS) is 22.7. The molecule has 1 fully saturated rings. The van der Waals surface area contributed by atoms with Gasteiger partial charge in [0.25, 0.3) is 0 Å². The summed E-state index contributed by atoms with van der Waals surface area (Å²) < 4.78 is 0. The maximum Gasteiger partial charge on any atom is 0.0302 e. The lowest BCUT2D eigenvalue weighted by Crippen LogP contribution is -2.39. The van der Waals surface area contributed by atoms with Gasteiger partial charge in [0.15, 0.2) is 0 Å². The summed E-state index contributed by atoms with van der Waals surface area (Å²) in [4.78, 5) is 1.44. The monoisotopic (exact) mass is 257 g/mol. The van der Waals surface area contributed by atoms with Crippen molar-refractivity contribution in [2.24, 2.45) is 0 Å². The Balaban J connectivity index is 1.47. The highest BCUT2D eigenvalue weighted by atomic mass is 32.1. The van der Waals surface area contributed by atoms with Crippen molar-refractivity contribution in [1.82, 2.24) is 5.32 Å². The quantitative estimate of drug-likeness (QED) is 0.870. The van der Waals surface area contributed by atoms with Gasteiger partial charge >= 0.3 is 0 Å². The Hall–Kier alpha value is -1.12. The van der Waals surface area contributed by atoms with Gasteiger partial charge in [0.1, 0.15) is 0 Å². The maximum absolute atomic E-state index is 3.64. The molecule has 0 aliphatic heterocycles. The molecule has 2 heteroatoms. The maximum atomic E-state index is 3.64. The number of aryl methyl sites for hydroxylation is 1. The zero-order valence-corrected chi connectivity index (χ0v) is 11.5. The Morgan fingerprint density at radius 2 is 1.94 bits per heavy atom. The van der Waals surface area contributed by atoms with E-state index >= 15 is 0 Å². The minimum Gasteiger partial charge on any atom is -0.309 e. The number of thiophene rings is 1. The summed E-state index contributed by atoms with van der Waals surface area (Å²) in [5, 5.41) is 5.79. The summed E-state index contributed by atoms with van der Waals surface area (Å²) in [5.74, 6) is 0.770. The van der Waals surface area contributed by atoms with Crippen LogP contribution in [0, 0.1) is 6.92 Å². The van der Waals surface area contributed by atoms with Crippen molar-refractivity contribution in [2.75, 3.05) is 0 Å². The summed E-state index contributed by atoms with van der Waals surface area (Å²) >= 11 is 1.84. The second-order valence-electron chi connectivity index (χ2n) is 5.24. The fraction of sp³-hybridized carbons (Fsp3) is 0.375. The molecule has 1 N–H and O–H groups in total. The van der Waals surface area contributed by atoms with Crippen LogP contribution in [0.15, 0.2) is 41.8 Å². The predicted octanol–water partition coefficient (Wildman–Crippen LogP) is 4.09. The van der Waals surface area contributed by atoms with Crippen molar-refractivity contribution < 1.29 is 0 Å². The molecule has 0 atom stereocenters. The van der Waals surface area contributed by atoms with Gasteiger partial charge in [0.05, 0.1) is 0 Å². The van der Waals surface area contributed by atoms with Crippen molar-refractivity contribution in [2.45, 2.75) is 38.3 Å². The fourth-order valence-corrected chi connectivity index (χ4v) is 3.21. The molecule has 1 aliphatic rings. The largest absolute Gasteiger partial charge is 0.309 e. The van der Waals surface area contributed by atoms with Crippen molar-refractivity contribution >= 4 is 11.3 Å². The molecule has 0 unspecified atom stereocenters. The Bertz CT molecular complexity index is 480. The third-order valence-corrected chi connectivity index (χ3v) is 4.71. The Labute approximate surface area is 113 Å². The van der Waals surface area contributed by atoms with E-state index < -0.39 is 0 Å². The molecule has 1 aliphatic carbocycles. The van der Waals surface area contributed by atoms with Crippen LogP contribution in [0.3, 0.4) is 0 Å². The van der Waals surface area contributed by atoms with Gasteiger partial charge in [-0.1, -0.05) is 35.9 Å². The van der Waals surface area contributed by atoms with E-state index in [9.17, 15) is 0 Å². The highest BCUT2D eigenvalue weighted by Crippen LogP contribution is 2.37. The van der Waals surface area contributed by atoms with Crippen LogP contribution in [0.5, 0.6) is 0 Å². The first-order chi connectivity index (χ1) is 8.81. The lowest BCUT2D eigenvalue weighted by atomic mass is 9.76. The van der Waals surface area contributed by atoms with Gasteiger partial charge in [-0.3, -0.25) is 0 Å². The Morgan fingerprint density at radius 3 is 2.61 bits per heavy atom. The van der Waals surface area contributed by atoms with Crippen LogP contribution in [0.1, 0.15) is 34.8 Å². The van der Waals surface area contributed by atoms with Crippen LogP contribution in [-0.4, -0.2) is 6.04 Å². The summed E-state index contributed by atoms with van der Waals surface area (Å²) in [6.45, 7) is 3.18. The number of nitrogens with one attached hydrogen (secondary N) is 1. The van der Waals surface area contributed by atoms with E-state index in [0.29, 0.717) is 6.04 Å². The van der Waals surface area contributed by atoms with E-state index in [4.69, 9.17) is 0 Å². The fourth-order valence-electron chi connectivity index (χ4n) is 2.55. The Morgan fingerprint density at radius 1 is 1.17 bits per heavy atom. The van der Waals surface area contributed by atoms with Crippen molar-refractivity contribution in [3.63, 3.8) is 0 Å². The van der Waals surface area contributed by atoms with E-state index in [0.717, 1.165) is 12.5 Å². The molecule has 0 bridgehead atoms. The third kappa shape index (κ3) is 2.65. The standard InChI is InChI=1S/C16H19NS/c1-12-4-6-13(7-5-12)14-9-15(10-14)17-11-16-3-2-8-18-16/h2-8,14-15,17H,9-11H2,1H3. The van der Waals surface area contributed by atoms with Crippen LogP contribution >= 0.6 is 11.3 Å². The highest BCUT2D eigenvalue weighted by Gasteiger charge is 2.29. The first kappa shape index (κ1) is 11.9. The molecular weight excluding hydrogens is 238 g/mol. The lowest BCUT2D eigenvalue weighted by molar-refractivity contribution is 0.290. The van der Waals surface area contributed by atoms with Gasteiger partial charge in [-0.05, 0) is 42.7 Å². The van der Waals surface area contributed by atoms with Crippen LogP contribution in [-0.2, 0) is 6.54 Å². The van der Waals surface area contributed by atoms with E-state index in [1.165, 1.54) is 28.8 Å². The summed E-state index contributed by atoms with van der Waals surface area (Å²) in [5.41, 5.74) is 2.86. The number of rotatable bonds is 4. The van der Waals surface area contributed by atoms with Gasteiger partial charge in [-0.15, -0.1) is 11.3 Å². The molecule has 18 heavy (non-hydrogen) atoms. The highest BCUT2D eigenvalue weighted by molar-refractivity contribution is 7.09. The molecule has 94 valence electrons. The zero-order valence-electron chi connectivity index (χ0n) is 10.7. The molecule has 1 saturated carbocycles. The lowest BCUT2D eigenvalue weighted by Gasteiger charge is -2.36. The number of hydrogen-bond acceptors (Lipinski definition) is 2. The van der Waals surface area contributed by atoms with Crippen LogP contribution in [0.4, 0.5) is 0 Å². The van der Waals surface area contributed by atoms with Crippen molar-refractivity contribution in [3.8, 4) is 0 Å².